The van der Waals surface area contributed by atoms with Gasteiger partial charge >= 0.3 is 12.6 Å². The van der Waals surface area contributed by atoms with Crippen LogP contribution in [0.25, 0.3) is 0 Å². The largest absolute Gasteiger partial charge is 0.496 e. The van der Waals surface area contributed by atoms with Crippen molar-refractivity contribution in [2.24, 2.45) is 0 Å². The Bertz CT molecular complexity index is 926. The maximum absolute atomic E-state index is 12.2. The Morgan fingerprint density at radius 1 is 1.10 bits per heavy atom. The molecule has 8 nitrogen and oxygen atoms in total. The van der Waals surface area contributed by atoms with Gasteiger partial charge in [0.2, 0.25) is 0 Å². The molecule has 2 amide bonds. The van der Waals surface area contributed by atoms with E-state index >= 15 is 0 Å². The van der Waals surface area contributed by atoms with Crippen molar-refractivity contribution >= 4 is 35.1 Å². The molecule has 0 aliphatic rings. The van der Waals surface area contributed by atoms with Crippen LogP contribution < -0.4 is 20.1 Å². The van der Waals surface area contributed by atoms with Crippen LogP contribution in [0.15, 0.2) is 42.5 Å². The average molecular weight is 443 g/mol. The Morgan fingerprint density at radius 3 is 2.50 bits per heavy atom. The highest BCUT2D eigenvalue weighted by atomic mass is 35.5. The van der Waals surface area contributed by atoms with Crippen molar-refractivity contribution in [1.82, 2.24) is 5.32 Å². The van der Waals surface area contributed by atoms with Gasteiger partial charge in [0.1, 0.15) is 18.0 Å². The highest BCUT2D eigenvalue weighted by Crippen LogP contribution is 2.28. The first-order valence-electron chi connectivity index (χ1n) is 8.41. The number of hydrogen-bond acceptors (Lipinski definition) is 6. The number of nitrogens with one attached hydrogen (secondary N) is 2. The second-order valence-electron chi connectivity index (χ2n) is 5.62. The van der Waals surface area contributed by atoms with Gasteiger partial charge in [-0.2, -0.15) is 8.78 Å². The number of ether oxygens (including phenoxy) is 3. The normalized spacial score (nSPS) is 10.3. The van der Waals surface area contributed by atoms with E-state index in [1.807, 2.05) is 0 Å². The van der Waals surface area contributed by atoms with Crippen LogP contribution >= 0.6 is 11.6 Å². The Kier molecular flexibility index (Phi) is 8.36. The third kappa shape index (κ3) is 6.89. The van der Waals surface area contributed by atoms with Crippen LogP contribution in [0.4, 0.5) is 14.5 Å². The summed E-state index contributed by atoms with van der Waals surface area (Å²) in [4.78, 5) is 35.7. The van der Waals surface area contributed by atoms with E-state index in [2.05, 4.69) is 15.4 Å². The summed E-state index contributed by atoms with van der Waals surface area (Å²) in [5.41, 5.74) is 0.425. The zero-order valence-electron chi connectivity index (χ0n) is 15.6. The van der Waals surface area contributed by atoms with Crippen LogP contribution in [-0.2, 0) is 14.3 Å². The molecule has 0 heterocycles. The molecule has 0 aliphatic heterocycles. The van der Waals surface area contributed by atoms with E-state index in [0.29, 0.717) is 5.75 Å². The van der Waals surface area contributed by atoms with Gasteiger partial charge in [-0.25, -0.2) is 0 Å². The van der Waals surface area contributed by atoms with E-state index < -0.39 is 37.5 Å². The number of rotatable bonds is 9. The zero-order chi connectivity index (χ0) is 22.1. The number of hydrogen-bond donors (Lipinski definition) is 2. The van der Waals surface area contributed by atoms with Gasteiger partial charge in [-0.05, 0) is 30.3 Å². The number of alkyl halides is 2. The predicted molar refractivity (Wildman–Crippen MR) is 103 cm³/mol. The summed E-state index contributed by atoms with van der Waals surface area (Å²) in [5.74, 6) is -1.99. The Labute approximate surface area is 175 Å². The maximum Gasteiger partial charge on any atom is 0.387 e. The van der Waals surface area contributed by atoms with Crippen LogP contribution in [0.2, 0.25) is 5.02 Å². The molecule has 0 unspecified atom stereocenters. The van der Waals surface area contributed by atoms with E-state index in [-0.39, 0.29) is 22.0 Å². The van der Waals surface area contributed by atoms with Crippen molar-refractivity contribution in [1.29, 1.82) is 0 Å². The van der Waals surface area contributed by atoms with E-state index in [4.69, 9.17) is 21.1 Å². The lowest BCUT2D eigenvalue weighted by Gasteiger charge is -2.10. The molecular weight excluding hydrogens is 426 g/mol. The van der Waals surface area contributed by atoms with E-state index in [1.54, 1.807) is 18.2 Å². The molecule has 0 fully saturated rings. The molecule has 11 heteroatoms. The third-order valence-electron chi connectivity index (χ3n) is 3.54. The summed E-state index contributed by atoms with van der Waals surface area (Å²) in [7, 11) is 1.41. The van der Waals surface area contributed by atoms with Crippen molar-refractivity contribution in [3.63, 3.8) is 0 Å². The molecule has 0 aromatic heterocycles. The van der Waals surface area contributed by atoms with Gasteiger partial charge in [0, 0.05) is 5.69 Å². The second-order valence-corrected chi connectivity index (χ2v) is 6.02. The first-order valence-corrected chi connectivity index (χ1v) is 8.79. The average Bonchev–Trinajstić information content (AvgIpc) is 2.72. The van der Waals surface area contributed by atoms with Crippen molar-refractivity contribution in [2.45, 2.75) is 6.61 Å². The van der Waals surface area contributed by atoms with Crippen LogP contribution in [0.1, 0.15) is 10.4 Å². The van der Waals surface area contributed by atoms with Crippen molar-refractivity contribution in [3.8, 4) is 11.5 Å². The summed E-state index contributed by atoms with van der Waals surface area (Å²) in [6, 6.07) is 10.1. The highest BCUT2D eigenvalue weighted by molar-refractivity contribution is 6.32. The zero-order valence-corrected chi connectivity index (χ0v) is 16.4. The van der Waals surface area contributed by atoms with Crippen LogP contribution in [0, 0.1) is 0 Å². The highest BCUT2D eigenvalue weighted by Gasteiger charge is 2.15. The van der Waals surface area contributed by atoms with Crippen LogP contribution in [0.5, 0.6) is 11.5 Å². The molecule has 0 saturated carbocycles. The standard InChI is InChI=1S/C19H17ClF2N2O6/c1-28-14-5-3-2-4-12(14)18(27)23-9-17(26)29-10-16(25)24-11-6-7-15(13(20)8-11)30-19(21)22/h2-8,19H,9-10H2,1H3,(H,23,27)(H,24,25). The van der Waals surface area contributed by atoms with Crippen molar-refractivity contribution < 1.29 is 37.4 Å². The van der Waals surface area contributed by atoms with E-state index in [1.165, 1.54) is 25.3 Å². The molecule has 2 aromatic carbocycles. The second kappa shape index (κ2) is 11.0. The summed E-state index contributed by atoms with van der Waals surface area (Å²) >= 11 is 5.78. The van der Waals surface area contributed by atoms with Crippen molar-refractivity contribution in [3.05, 3.63) is 53.1 Å². The molecule has 0 atom stereocenters. The fourth-order valence-electron chi connectivity index (χ4n) is 2.24. The monoisotopic (exact) mass is 442 g/mol. The molecule has 0 bridgehead atoms. The minimum atomic E-state index is -3.04. The fourth-order valence-corrected chi connectivity index (χ4v) is 2.47. The number of halogens is 3. The molecule has 2 rings (SSSR count). The van der Waals surface area contributed by atoms with Gasteiger partial charge in [-0.3, -0.25) is 14.4 Å². The summed E-state index contributed by atoms with van der Waals surface area (Å²) in [6.07, 6.45) is 0. The number of benzene rings is 2. The Balaban J connectivity index is 1.78. The van der Waals surface area contributed by atoms with Gasteiger partial charge < -0.3 is 24.8 Å². The van der Waals surface area contributed by atoms with Gasteiger partial charge in [0.25, 0.3) is 11.8 Å². The number of methoxy groups -OCH3 is 1. The third-order valence-corrected chi connectivity index (χ3v) is 3.84. The van der Waals surface area contributed by atoms with E-state index in [9.17, 15) is 23.2 Å². The van der Waals surface area contributed by atoms with Crippen LogP contribution in [-0.4, -0.2) is 44.7 Å². The molecule has 0 spiro atoms. The molecule has 0 aliphatic carbocycles. The molecule has 0 saturated heterocycles. The Morgan fingerprint density at radius 2 is 1.83 bits per heavy atom. The summed E-state index contributed by atoms with van der Waals surface area (Å²) in [6.45, 7) is -4.13. The van der Waals surface area contributed by atoms with Crippen LogP contribution in [0.3, 0.4) is 0 Å². The minimum absolute atomic E-state index is 0.135. The van der Waals surface area contributed by atoms with Gasteiger partial charge in [0.15, 0.2) is 6.61 Å². The SMILES string of the molecule is COc1ccccc1C(=O)NCC(=O)OCC(=O)Nc1ccc(OC(F)F)c(Cl)c1. The smallest absolute Gasteiger partial charge is 0.387 e. The summed E-state index contributed by atoms with van der Waals surface area (Å²) in [5, 5.41) is 4.60. The lowest BCUT2D eigenvalue weighted by molar-refractivity contribution is -0.146. The number of carbonyl (C=O) groups excluding carboxylic acids is 3. The number of esters is 1. The quantitative estimate of drug-likeness (QED) is 0.579. The lowest BCUT2D eigenvalue weighted by Crippen LogP contribution is -2.32. The predicted octanol–water partition coefficient (Wildman–Crippen LogP) is 2.86. The van der Waals surface area contributed by atoms with Crippen molar-refractivity contribution in [2.75, 3.05) is 25.6 Å². The van der Waals surface area contributed by atoms with Gasteiger partial charge in [0.05, 0.1) is 17.7 Å². The molecule has 160 valence electrons. The molecule has 0 radical (unpaired) electrons. The molecular formula is C19H17ClF2N2O6. The lowest BCUT2D eigenvalue weighted by atomic mass is 10.2. The first kappa shape index (κ1) is 22.9. The maximum atomic E-state index is 12.2. The van der Waals surface area contributed by atoms with Gasteiger partial charge in [-0.15, -0.1) is 0 Å². The topological polar surface area (TPSA) is 103 Å². The number of amides is 2. The molecule has 2 aromatic rings. The minimum Gasteiger partial charge on any atom is -0.496 e. The fraction of sp³-hybridized carbons (Fsp3) is 0.211. The van der Waals surface area contributed by atoms with E-state index in [0.717, 1.165) is 6.07 Å². The number of anilines is 1. The number of carbonyl (C=O) groups is 3. The Hall–Kier alpha value is -3.40. The molecule has 30 heavy (non-hydrogen) atoms. The number of para-hydroxylation sites is 1. The molecule has 2 N–H and O–H groups in total. The first-order chi connectivity index (χ1) is 14.3. The van der Waals surface area contributed by atoms with Gasteiger partial charge in [-0.1, -0.05) is 23.7 Å². The summed E-state index contributed by atoms with van der Waals surface area (Å²) < 4.78 is 38.4.